The van der Waals surface area contributed by atoms with E-state index < -0.39 is 11.6 Å². The Morgan fingerprint density at radius 3 is 2.42 bits per heavy atom. The van der Waals surface area contributed by atoms with E-state index in [-0.39, 0.29) is 42.6 Å². The number of hydrogen-bond acceptors (Lipinski definition) is 9. The first-order chi connectivity index (χ1) is 17.1. The Labute approximate surface area is 206 Å². The van der Waals surface area contributed by atoms with Gasteiger partial charge in [-0.15, -0.1) is 0 Å². The van der Waals surface area contributed by atoms with Crippen LogP contribution in [-0.2, 0) is 20.9 Å². The highest BCUT2D eigenvalue weighted by Gasteiger charge is 2.21. The number of nitrogens with one attached hydrogen (secondary N) is 1. The van der Waals surface area contributed by atoms with Crippen molar-refractivity contribution in [3.63, 3.8) is 0 Å². The fraction of sp³-hybridized carbons (Fsp3) is 0.280. The largest absolute Gasteiger partial charge is 0.460 e. The molecule has 2 heterocycles. The molecule has 11 heteroatoms. The molecule has 4 aromatic rings. The number of ketones is 1. The summed E-state index contributed by atoms with van der Waals surface area (Å²) in [6, 6.07) is 13.9. The number of hydrogen-bond donors (Lipinski definition) is 2. The number of nitrogen functional groups attached to an aromatic ring is 1. The lowest BCUT2D eigenvalue weighted by Gasteiger charge is -2.19. The zero-order valence-electron chi connectivity index (χ0n) is 20.1. The number of esters is 1. The number of benzene rings is 2. The van der Waals surface area contributed by atoms with E-state index in [1.807, 2.05) is 24.3 Å². The highest BCUT2D eigenvalue weighted by Crippen LogP contribution is 2.27. The van der Waals surface area contributed by atoms with Crippen molar-refractivity contribution >= 4 is 40.2 Å². The van der Waals surface area contributed by atoms with Crippen LogP contribution in [0.5, 0.6) is 0 Å². The van der Waals surface area contributed by atoms with Crippen LogP contribution in [-0.4, -0.2) is 43.1 Å². The molecule has 2 aromatic heterocycles. The Morgan fingerprint density at radius 1 is 1.03 bits per heavy atom. The van der Waals surface area contributed by atoms with Crippen molar-refractivity contribution < 1.29 is 23.7 Å². The van der Waals surface area contributed by atoms with Crippen LogP contribution in [0.25, 0.3) is 22.6 Å². The van der Waals surface area contributed by atoms with E-state index in [2.05, 4.69) is 20.6 Å². The molecule has 0 spiro atoms. The molecule has 2 aromatic carbocycles. The monoisotopic (exact) mass is 490 g/mol. The summed E-state index contributed by atoms with van der Waals surface area (Å²) in [5.41, 5.74) is 7.87. The fourth-order valence-electron chi connectivity index (χ4n) is 3.57. The predicted octanol–water partition coefficient (Wildman–Crippen LogP) is 3.61. The first-order valence-electron chi connectivity index (χ1n) is 11.3. The first kappa shape index (κ1) is 24.6. The van der Waals surface area contributed by atoms with Gasteiger partial charge in [0.2, 0.25) is 5.91 Å². The van der Waals surface area contributed by atoms with Crippen LogP contribution in [0.4, 0.5) is 11.5 Å². The maximum Gasteiger partial charge on any atom is 0.306 e. The Hall–Kier alpha value is -4.54. The molecule has 0 atom stereocenters. The third-order valence-corrected chi connectivity index (χ3v) is 5.15. The summed E-state index contributed by atoms with van der Waals surface area (Å²) < 4.78 is 11.6. The molecule has 0 unspecified atom stereocenters. The zero-order chi connectivity index (χ0) is 25.9. The first-order valence-corrected chi connectivity index (χ1v) is 11.3. The summed E-state index contributed by atoms with van der Waals surface area (Å²) in [5, 5.41) is 10.2. The van der Waals surface area contributed by atoms with Crippen molar-refractivity contribution in [3.05, 3.63) is 54.1 Å². The van der Waals surface area contributed by atoms with Crippen LogP contribution >= 0.6 is 0 Å². The topological polar surface area (TPSA) is 155 Å². The number of imidazole rings is 1. The van der Waals surface area contributed by atoms with Gasteiger partial charge in [-0.25, -0.2) is 9.61 Å². The Morgan fingerprint density at radius 2 is 1.75 bits per heavy atom. The molecule has 0 aliphatic heterocycles. The number of para-hydroxylation sites is 2. The molecule has 0 saturated carbocycles. The van der Waals surface area contributed by atoms with Crippen LogP contribution in [0.15, 0.2) is 53.2 Å². The molecule has 4 rings (SSSR count). The van der Waals surface area contributed by atoms with Gasteiger partial charge in [0, 0.05) is 17.7 Å². The summed E-state index contributed by atoms with van der Waals surface area (Å²) >= 11 is 0. The lowest BCUT2D eigenvalue weighted by atomic mass is 10.1. The van der Waals surface area contributed by atoms with Gasteiger partial charge < -0.3 is 20.4 Å². The molecule has 0 bridgehead atoms. The minimum absolute atomic E-state index is 0.00783. The molecule has 36 heavy (non-hydrogen) atoms. The lowest BCUT2D eigenvalue weighted by Crippen LogP contribution is -2.24. The SMILES string of the molecule is CC(C)(C)OC(=O)CCC(=O)Nc1ccc(C(=O)Cn2c(-c3nonc3N)nc3ccccc32)cc1. The molecule has 0 fully saturated rings. The fourth-order valence-corrected chi connectivity index (χ4v) is 3.57. The van der Waals surface area contributed by atoms with Crippen molar-refractivity contribution in [2.45, 2.75) is 45.8 Å². The van der Waals surface area contributed by atoms with Crippen LogP contribution in [0, 0.1) is 0 Å². The van der Waals surface area contributed by atoms with Crippen LogP contribution in [0.1, 0.15) is 44.0 Å². The van der Waals surface area contributed by atoms with E-state index in [1.165, 1.54) is 0 Å². The molecule has 0 aliphatic carbocycles. The van der Waals surface area contributed by atoms with Crippen molar-refractivity contribution in [3.8, 4) is 11.5 Å². The molecule has 186 valence electrons. The zero-order valence-corrected chi connectivity index (χ0v) is 20.1. The van der Waals surface area contributed by atoms with Gasteiger partial charge in [-0.05, 0) is 67.5 Å². The third-order valence-electron chi connectivity index (χ3n) is 5.15. The van der Waals surface area contributed by atoms with E-state index >= 15 is 0 Å². The second kappa shape index (κ2) is 9.98. The molecule has 1 amide bonds. The average Bonchev–Trinajstić information content (AvgIpc) is 3.40. The maximum atomic E-state index is 13.1. The summed E-state index contributed by atoms with van der Waals surface area (Å²) in [6.07, 6.45) is -0.0292. The summed E-state index contributed by atoms with van der Waals surface area (Å²) in [7, 11) is 0. The predicted molar refractivity (Wildman–Crippen MR) is 132 cm³/mol. The number of nitrogens with two attached hydrogens (primary N) is 1. The average molecular weight is 491 g/mol. The van der Waals surface area contributed by atoms with E-state index in [0.29, 0.717) is 22.6 Å². The lowest BCUT2D eigenvalue weighted by molar-refractivity contribution is -0.155. The number of amides is 1. The highest BCUT2D eigenvalue weighted by atomic mass is 16.6. The number of carbonyl (C=O) groups is 3. The molecule has 0 aliphatic rings. The minimum Gasteiger partial charge on any atom is -0.460 e. The summed E-state index contributed by atoms with van der Waals surface area (Å²) in [6.45, 7) is 5.28. The molecule has 11 nitrogen and oxygen atoms in total. The quantitative estimate of drug-likeness (QED) is 0.278. The van der Waals surface area contributed by atoms with Crippen LogP contribution in [0.2, 0.25) is 0 Å². The molecule has 0 radical (unpaired) electrons. The van der Waals surface area contributed by atoms with Gasteiger partial charge in [0.15, 0.2) is 23.1 Å². The van der Waals surface area contributed by atoms with Gasteiger partial charge in [0.05, 0.1) is 24.0 Å². The third kappa shape index (κ3) is 5.74. The molecule has 0 saturated heterocycles. The summed E-state index contributed by atoms with van der Waals surface area (Å²) in [4.78, 5) is 41.6. The van der Waals surface area contributed by atoms with Crippen molar-refractivity contribution in [2.24, 2.45) is 0 Å². The normalized spacial score (nSPS) is 11.4. The van der Waals surface area contributed by atoms with Crippen molar-refractivity contribution in [1.82, 2.24) is 19.9 Å². The summed E-state index contributed by atoms with van der Waals surface area (Å²) in [5.74, 6) is -0.499. The number of carbonyl (C=O) groups excluding carboxylic acids is 3. The number of aromatic nitrogens is 4. The number of nitrogens with zero attached hydrogens (tertiary/aromatic N) is 4. The van der Waals surface area contributed by atoms with Gasteiger partial charge in [-0.3, -0.25) is 14.4 Å². The number of fused-ring (bicyclic) bond motifs is 1. The molecular formula is C25H26N6O5. The second-order valence-electron chi connectivity index (χ2n) is 9.14. The Balaban J connectivity index is 1.44. The van der Waals surface area contributed by atoms with E-state index in [0.717, 1.165) is 5.52 Å². The van der Waals surface area contributed by atoms with Gasteiger partial charge >= 0.3 is 5.97 Å². The Kier molecular flexibility index (Phi) is 6.82. The molecule has 3 N–H and O–H groups in total. The van der Waals surface area contributed by atoms with E-state index in [4.69, 9.17) is 15.1 Å². The number of Topliss-reactive ketones (excluding diaryl/α,β-unsaturated/α-hetero) is 1. The maximum absolute atomic E-state index is 13.1. The molecular weight excluding hydrogens is 464 g/mol. The Bertz CT molecular complexity index is 1410. The number of anilines is 2. The van der Waals surface area contributed by atoms with Crippen LogP contribution in [0.3, 0.4) is 0 Å². The van der Waals surface area contributed by atoms with Gasteiger partial charge in [-0.1, -0.05) is 12.1 Å². The standard InChI is InChI=1S/C25H26N6O5/c1-25(2,3)35-21(34)13-12-20(33)27-16-10-8-15(9-11-16)19(32)14-31-18-7-5-4-6-17(18)28-24(31)22-23(26)30-36-29-22/h4-11H,12-14H2,1-3H3,(H2,26,30)(H,27,33). The highest BCUT2D eigenvalue weighted by molar-refractivity contribution is 5.98. The van der Waals surface area contributed by atoms with E-state index in [9.17, 15) is 14.4 Å². The smallest absolute Gasteiger partial charge is 0.306 e. The van der Waals surface area contributed by atoms with Gasteiger partial charge in [0.1, 0.15) is 5.60 Å². The van der Waals surface area contributed by atoms with Gasteiger partial charge in [-0.2, -0.15) is 0 Å². The van der Waals surface area contributed by atoms with Gasteiger partial charge in [0.25, 0.3) is 0 Å². The van der Waals surface area contributed by atoms with E-state index in [1.54, 1.807) is 49.6 Å². The van der Waals surface area contributed by atoms with Crippen LogP contribution < -0.4 is 11.1 Å². The second-order valence-corrected chi connectivity index (χ2v) is 9.14. The number of rotatable bonds is 8. The van der Waals surface area contributed by atoms with Crippen molar-refractivity contribution in [2.75, 3.05) is 11.1 Å². The van der Waals surface area contributed by atoms with Crippen molar-refractivity contribution in [1.29, 1.82) is 0 Å². The number of ether oxygens (including phenoxy) is 1. The minimum atomic E-state index is -0.599.